The lowest BCUT2D eigenvalue weighted by Gasteiger charge is -2.28. The molecule has 0 amide bonds. The van der Waals surface area contributed by atoms with Crippen molar-refractivity contribution in [2.75, 3.05) is 23.7 Å². The number of aromatic nitrogens is 2. The van der Waals surface area contributed by atoms with Crippen molar-refractivity contribution in [1.29, 1.82) is 0 Å². The van der Waals surface area contributed by atoms with Crippen LogP contribution in [-0.2, 0) is 0 Å². The van der Waals surface area contributed by atoms with Crippen LogP contribution >= 0.6 is 11.6 Å². The maximum atomic E-state index is 6.10. The van der Waals surface area contributed by atoms with Crippen molar-refractivity contribution in [2.24, 2.45) is 5.92 Å². The number of nitrogens with two attached hydrogens (primary N) is 1. The Morgan fingerprint density at radius 3 is 3.05 bits per heavy atom. The van der Waals surface area contributed by atoms with Crippen molar-refractivity contribution in [3.8, 4) is 0 Å². The molecule has 4 heterocycles. The number of halogens is 1. The lowest BCUT2D eigenvalue weighted by atomic mass is 10.2. The highest BCUT2D eigenvalue weighted by atomic mass is 35.5. The fraction of sp³-hybridized carbons (Fsp3) is 0.333. The second kappa shape index (κ2) is 4.24. The minimum Gasteiger partial charge on any atom is -0.450 e. The van der Waals surface area contributed by atoms with E-state index in [1.165, 1.54) is 0 Å². The number of hydrogen-bond acceptors (Lipinski definition) is 6. The Hall–Kier alpha value is -2.05. The molecule has 0 unspecified atom stereocenters. The average molecular weight is 316 g/mol. The Balaban J connectivity index is 1.79. The molecule has 22 heavy (non-hydrogen) atoms. The predicted molar refractivity (Wildman–Crippen MR) is 86.0 cm³/mol. The van der Waals surface area contributed by atoms with E-state index in [2.05, 4.69) is 20.2 Å². The standard InChI is InChI=1S/C15H14ClN5O/c16-8-1-2-10-9(4-8)12-13(22-10)14(20-15(17)19-12)21-6-7-3-11(21)18-5-7/h1-2,4,7,11,18H,3,5-6H2,(H2,17,19,20)/t7-,11-/m1/s1. The number of fused-ring (bicyclic) bond motifs is 5. The number of anilines is 2. The van der Waals surface area contributed by atoms with Gasteiger partial charge in [0.2, 0.25) is 5.95 Å². The van der Waals surface area contributed by atoms with Crippen molar-refractivity contribution < 1.29 is 4.42 Å². The third-order valence-corrected chi connectivity index (χ3v) is 4.81. The van der Waals surface area contributed by atoms with Crippen LogP contribution in [0.3, 0.4) is 0 Å². The van der Waals surface area contributed by atoms with Crippen molar-refractivity contribution in [3.63, 3.8) is 0 Å². The zero-order chi connectivity index (χ0) is 14.8. The molecule has 2 saturated heterocycles. The van der Waals surface area contributed by atoms with Gasteiger partial charge in [0.1, 0.15) is 11.1 Å². The van der Waals surface area contributed by atoms with E-state index in [9.17, 15) is 0 Å². The number of hydrogen-bond donors (Lipinski definition) is 2. The first kappa shape index (κ1) is 12.5. The topological polar surface area (TPSA) is 80.2 Å². The third kappa shape index (κ3) is 1.65. The van der Waals surface area contributed by atoms with E-state index < -0.39 is 0 Å². The van der Waals surface area contributed by atoms with Gasteiger partial charge in [-0.05, 0) is 30.5 Å². The highest BCUT2D eigenvalue weighted by molar-refractivity contribution is 6.31. The largest absolute Gasteiger partial charge is 0.450 e. The number of benzene rings is 1. The molecule has 2 atom stereocenters. The van der Waals surface area contributed by atoms with Gasteiger partial charge in [-0.3, -0.25) is 5.32 Å². The highest BCUT2D eigenvalue weighted by Gasteiger charge is 2.39. The smallest absolute Gasteiger partial charge is 0.222 e. The van der Waals surface area contributed by atoms with Gasteiger partial charge >= 0.3 is 0 Å². The molecule has 112 valence electrons. The fourth-order valence-electron chi connectivity index (χ4n) is 3.61. The average Bonchev–Trinajstić information content (AvgIpc) is 3.20. The van der Waals surface area contributed by atoms with E-state index in [1.54, 1.807) is 0 Å². The van der Waals surface area contributed by atoms with E-state index in [-0.39, 0.29) is 5.95 Å². The number of nitrogens with one attached hydrogen (secondary N) is 1. The second-order valence-electron chi connectivity index (χ2n) is 6.00. The van der Waals surface area contributed by atoms with Crippen LogP contribution in [0.15, 0.2) is 22.6 Å². The first-order valence-electron chi connectivity index (χ1n) is 7.34. The number of nitrogens with zero attached hydrogens (tertiary/aromatic N) is 3. The zero-order valence-corrected chi connectivity index (χ0v) is 12.5. The fourth-order valence-corrected chi connectivity index (χ4v) is 3.79. The second-order valence-corrected chi connectivity index (χ2v) is 6.44. The summed E-state index contributed by atoms with van der Waals surface area (Å²) in [6.45, 7) is 2.04. The van der Waals surface area contributed by atoms with Crippen LogP contribution in [-0.4, -0.2) is 29.2 Å². The monoisotopic (exact) mass is 315 g/mol. The molecule has 2 fully saturated rings. The van der Waals surface area contributed by atoms with E-state index in [0.717, 1.165) is 41.8 Å². The Morgan fingerprint density at radius 1 is 1.36 bits per heavy atom. The molecule has 0 radical (unpaired) electrons. The molecular weight excluding hydrogens is 302 g/mol. The first-order chi connectivity index (χ1) is 10.7. The molecule has 6 nitrogen and oxygen atoms in total. The Labute approximate surface area is 131 Å². The van der Waals surface area contributed by atoms with E-state index >= 15 is 0 Å². The molecule has 2 aliphatic heterocycles. The molecule has 0 aliphatic carbocycles. The van der Waals surface area contributed by atoms with Gasteiger partial charge in [-0.25, -0.2) is 4.98 Å². The number of furan rings is 1. The molecule has 3 N–H and O–H groups in total. The maximum absolute atomic E-state index is 6.10. The van der Waals surface area contributed by atoms with E-state index in [0.29, 0.717) is 22.7 Å². The van der Waals surface area contributed by atoms with Crippen molar-refractivity contribution in [2.45, 2.75) is 12.6 Å². The maximum Gasteiger partial charge on any atom is 0.222 e. The molecular formula is C15H14ClN5O. The SMILES string of the molecule is Nc1nc(N2C[C@H]3CN[C@H]2C3)c2oc3ccc(Cl)cc3c2n1. The lowest BCUT2D eigenvalue weighted by molar-refractivity contribution is 0.532. The molecule has 3 aromatic rings. The third-order valence-electron chi connectivity index (χ3n) is 4.58. The summed E-state index contributed by atoms with van der Waals surface area (Å²) in [5, 5.41) is 5.01. The quantitative estimate of drug-likeness (QED) is 0.717. The van der Waals surface area contributed by atoms with Gasteiger partial charge in [0.15, 0.2) is 11.4 Å². The molecule has 7 heteroatoms. The molecule has 5 rings (SSSR count). The van der Waals surface area contributed by atoms with Gasteiger partial charge < -0.3 is 15.1 Å². The van der Waals surface area contributed by atoms with Crippen LogP contribution in [0.25, 0.3) is 22.1 Å². The minimum atomic E-state index is 0.257. The van der Waals surface area contributed by atoms with Crippen LogP contribution in [0.2, 0.25) is 5.02 Å². The van der Waals surface area contributed by atoms with Crippen LogP contribution < -0.4 is 16.0 Å². The minimum absolute atomic E-state index is 0.257. The van der Waals surface area contributed by atoms with Gasteiger partial charge in [0, 0.05) is 23.5 Å². The van der Waals surface area contributed by atoms with Gasteiger partial charge in [-0.1, -0.05) is 11.6 Å². The van der Waals surface area contributed by atoms with Crippen molar-refractivity contribution in [3.05, 3.63) is 23.2 Å². The van der Waals surface area contributed by atoms with Crippen LogP contribution in [0, 0.1) is 5.92 Å². The van der Waals surface area contributed by atoms with Gasteiger partial charge in [-0.2, -0.15) is 4.98 Å². The van der Waals surface area contributed by atoms with Crippen LogP contribution in [0.4, 0.5) is 11.8 Å². The number of rotatable bonds is 1. The van der Waals surface area contributed by atoms with Crippen molar-refractivity contribution in [1.82, 2.24) is 15.3 Å². The van der Waals surface area contributed by atoms with E-state index in [4.69, 9.17) is 21.8 Å². The Morgan fingerprint density at radius 2 is 2.27 bits per heavy atom. The summed E-state index contributed by atoms with van der Waals surface area (Å²) in [4.78, 5) is 11.0. The number of nitrogen functional groups attached to an aromatic ring is 1. The van der Waals surface area contributed by atoms with Crippen LogP contribution in [0.5, 0.6) is 0 Å². The summed E-state index contributed by atoms with van der Waals surface area (Å²) >= 11 is 6.10. The summed E-state index contributed by atoms with van der Waals surface area (Å²) < 4.78 is 6.00. The Kier molecular flexibility index (Phi) is 2.41. The van der Waals surface area contributed by atoms with Gasteiger partial charge in [-0.15, -0.1) is 0 Å². The molecule has 0 spiro atoms. The molecule has 2 aromatic heterocycles. The Bertz CT molecular complexity index is 908. The molecule has 2 bridgehead atoms. The molecule has 2 aliphatic rings. The zero-order valence-electron chi connectivity index (χ0n) is 11.7. The highest BCUT2D eigenvalue weighted by Crippen LogP contribution is 2.38. The predicted octanol–water partition coefficient (Wildman–Crippen LogP) is 2.37. The molecule has 1 aromatic carbocycles. The first-order valence-corrected chi connectivity index (χ1v) is 7.72. The summed E-state index contributed by atoms with van der Waals surface area (Å²) in [5.74, 6) is 1.69. The lowest BCUT2D eigenvalue weighted by Crippen LogP contribution is -2.44. The summed E-state index contributed by atoms with van der Waals surface area (Å²) in [6.07, 6.45) is 1.44. The van der Waals surface area contributed by atoms with Gasteiger partial charge in [0.25, 0.3) is 0 Å². The summed E-state index contributed by atoms with van der Waals surface area (Å²) in [6, 6.07) is 5.52. The van der Waals surface area contributed by atoms with Crippen molar-refractivity contribution >= 4 is 45.4 Å². The van der Waals surface area contributed by atoms with E-state index in [1.807, 2.05) is 18.2 Å². The normalized spacial score (nSPS) is 24.0. The van der Waals surface area contributed by atoms with Crippen LogP contribution in [0.1, 0.15) is 6.42 Å². The summed E-state index contributed by atoms with van der Waals surface area (Å²) in [5.41, 5.74) is 8.09. The summed E-state index contributed by atoms with van der Waals surface area (Å²) in [7, 11) is 0. The van der Waals surface area contributed by atoms with Gasteiger partial charge in [0.05, 0.1) is 6.17 Å². The molecule has 0 saturated carbocycles.